The summed E-state index contributed by atoms with van der Waals surface area (Å²) in [5.74, 6) is 0.330. The van der Waals surface area contributed by atoms with Crippen LogP contribution in [0.5, 0.6) is 0 Å². The van der Waals surface area contributed by atoms with E-state index in [0.29, 0.717) is 19.6 Å². The van der Waals surface area contributed by atoms with Crippen LogP contribution in [-0.4, -0.2) is 72.3 Å². The SMILES string of the molecule is Cc1ccc(C(=O)N2CCN(CC(=O)N3CCCC3)CC2)cc1. The van der Waals surface area contributed by atoms with Gasteiger partial charge in [0.15, 0.2) is 0 Å². The lowest BCUT2D eigenvalue weighted by Gasteiger charge is -2.35. The van der Waals surface area contributed by atoms with Crippen LogP contribution in [0.3, 0.4) is 0 Å². The highest BCUT2D eigenvalue weighted by molar-refractivity contribution is 5.94. The highest BCUT2D eigenvalue weighted by atomic mass is 16.2. The van der Waals surface area contributed by atoms with Gasteiger partial charge in [0, 0.05) is 44.8 Å². The average molecular weight is 315 g/mol. The van der Waals surface area contributed by atoms with Crippen LogP contribution in [0.25, 0.3) is 0 Å². The maximum absolute atomic E-state index is 12.5. The topological polar surface area (TPSA) is 43.9 Å². The van der Waals surface area contributed by atoms with E-state index in [9.17, 15) is 9.59 Å². The predicted octanol–water partition coefficient (Wildman–Crippen LogP) is 1.38. The van der Waals surface area contributed by atoms with Gasteiger partial charge in [0.05, 0.1) is 6.54 Å². The number of piperazine rings is 1. The largest absolute Gasteiger partial charge is 0.342 e. The van der Waals surface area contributed by atoms with E-state index in [1.807, 2.05) is 41.0 Å². The van der Waals surface area contributed by atoms with E-state index >= 15 is 0 Å². The van der Waals surface area contributed by atoms with Gasteiger partial charge in [0.2, 0.25) is 5.91 Å². The predicted molar refractivity (Wildman–Crippen MR) is 89.3 cm³/mol. The fourth-order valence-corrected chi connectivity index (χ4v) is 3.25. The first kappa shape index (κ1) is 16.0. The fraction of sp³-hybridized carbons (Fsp3) is 0.556. The van der Waals surface area contributed by atoms with E-state index in [1.165, 1.54) is 0 Å². The highest BCUT2D eigenvalue weighted by Gasteiger charge is 2.25. The Morgan fingerprint density at radius 1 is 0.870 bits per heavy atom. The van der Waals surface area contributed by atoms with Crippen LogP contribution < -0.4 is 0 Å². The van der Waals surface area contributed by atoms with Crippen LogP contribution in [-0.2, 0) is 4.79 Å². The van der Waals surface area contributed by atoms with E-state index < -0.39 is 0 Å². The van der Waals surface area contributed by atoms with Crippen LogP contribution >= 0.6 is 0 Å². The molecule has 0 saturated carbocycles. The molecule has 5 nitrogen and oxygen atoms in total. The number of aryl methyl sites for hydroxylation is 1. The number of hydrogen-bond donors (Lipinski definition) is 0. The minimum Gasteiger partial charge on any atom is -0.342 e. The molecule has 2 aliphatic rings. The molecule has 2 amide bonds. The number of carbonyl (C=O) groups is 2. The van der Waals surface area contributed by atoms with Gasteiger partial charge < -0.3 is 9.80 Å². The van der Waals surface area contributed by atoms with Crippen LogP contribution in [0, 0.1) is 6.92 Å². The van der Waals surface area contributed by atoms with Crippen molar-refractivity contribution in [2.75, 3.05) is 45.8 Å². The molecule has 0 atom stereocenters. The summed E-state index contributed by atoms with van der Waals surface area (Å²) < 4.78 is 0. The molecule has 2 aliphatic heterocycles. The molecule has 0 N–H and O–H groups in total. The maximum atomic E-state index is 12.5. The molecule has 3 rings (SSSR count). The molecular weight excluding hydrogens is 290 g/mol. The molecule has 2 fully saturated rings. The minimum atomic E-state index is 0.0931. The molecule has 23 heavy (non-hydrogen) atoms. The number of benzene rings is 1. The number of amides is 2. The van der Waals surface area contributed by atoms with Gasteiger partial charge >= 0.3 is 0 Å². The Kier molecular flexibility index (Phi) is 4.96. The van der Waals surface area contributed by atoms with Crippen molar-refractivity contribution in [3.8, 4) is 0 Å². The highest BCUT2D eigenvalue weighted by Crippen LogP contribution is 2.12. The number of rotatable bonds is 3. The molecule has 2 saturated heterocycles. The third kappa shape index (κ3) is 3.91. The van der Waals surface area contributed by atoms with Gasteiger partial charge in [-0.25, -0.2) is 0 Å². The Balaban J connectivity index is 1.49. The van der Waals surface area contributed by atoms with Crippen molar-refractivity contribution < 1.29 is 9.59 Å². The zero-order valence-corrected chi connectivity index (χ0v) is 13.8. The van der Waals surface area contributed by atoms with E-state index in [1.54, 1.807) is 0 Å². The first-order valence-electron chi connectivity index (χ1n) is 8.49. The van der Waals surface area contributed by atoms with Gasteiger partial charge in [-0.2, -0.15) is 0 Å². The van der Waals surface area contributed by atoms with Crippen LogP contribution in [0.2, 0.25) is 0 Å². The molecule has 0 aromatic heterocycles. The number of nitrogens with zero attached hydrogens (tertiary/aromatic N) is 3. The fourth-order valence-electron chi connectivity index (χ4n) is 3.25. The molecule has 124 valence electrons. The first-order chi connectivity index (χ1) is 11.1. The van der Waals surface area contributed by atoms with Gasteiger partial charge in [-0.15, -0.1) is 0 Å². The Bertz CT molecular complexity index is 556. The Hall–Kier alpha value is -1.88. The second kappa shape index (κ2) is 7.13. The van der Waals surface area contributed by atoms with Gasteiger partial charge in [0.25, 0.3) is 5.91 Å². The molecule has 2 heterocycles. The third-order valence-electron chi connectivity index (χ3n) is 4.78. The van der Waals surface area contributed by atoms with Gasteiger partial charge in [-0.1, -0.05) is 17.7 Å². The number of hydrogen-bond acceptors (Lipinski definition) is 3. The smallest absolute Gasteiger partial charge is 0.253 e. The van der Waals surface area contributed by atoms with Crippen LogP contribution in [0.1, 0.15) is 28.8 Å². The van der Waals surface area contributed by atoms with Crippen molar-refractivity contribution in [1.82, 2.24) is 14.7 Å². The summed E-state index contributed by atoms with van der Waals surface area (Å²) in [6, 6.07) is 7.72. The summed E-state index contributed by atoms with van der Waals surface area (Å²) in [4.78, 5) is 30.7. The van der Waals surface area contributed by atoms with E-state index in [4.69, 9.17) is 0 Å². The zero-order valence-electron chi connectivity index (χ0n) is 13.8. The van der Waals surface area contributed by atoms with Crippen molar-refractivity contribution >= 4 is 11.8 Å². The quantitative estimate of drug-likeness (QED) is 0.846. The Labute approximate surface area is 137 Å². The summed E-state index contributed by atoms with van der Waals surface area (Å²) in [6.45, 7) is 7.26. The standard InChI is InChI=1S/C18H25N3O2/c1-15-4-6-16(7-5-15)18(23)21-12-10-19(11-13-21)14-17(22)20-8-2-3-9-20/h4-7H,2-3,8-14H2,1H3. The van der Waals surface area contributed by atoms with Gasteiger partial charge in [-0.05, 0) is 31.9 Å². The lowest BCUT2D eigenvalue weighted by molar-refractivity contribution is -0.131. The molecule has 0 aliphatic carbocycles. The first-order valence-corrected chi connectivity index (χ1v) is 8.49. The summed E-state index contributed by atoms with van der Waals surface area (Å²) in [7, 11) is 0. The summed E-state index contributed by atoms with van der Waals surface area (Å²) in [5, 5.41) is 0. The molecule has 0 unspecified atom stereocenters. The van der Waals surface area contributed by atoms with Crippen molar-refractivity contribution in [3.05, 3.63) is 35.4 Å². The summed E-state index contributed by atoms with van der Waals surface area (Å²) in [5.41, 5.74) is 1.91. The van der Waals surface area contributed by atoms with Crippen molar-refractivity contribution in [2.24, 2.45) is 0 Å². The normalized spacial score (nSPS) is 19.2. The number of likely N-dealkylation sites (tertiary alicyclic amines) is 1. The molecule has 0 radical (unpaired) electrons. The van der Waals surface area contributed by atoms with E-state index in [2.05, 4.69) is 4.90 Å². The molecule has 0 spiro atoms. The van der Waals surface area contributed by atoms with Gasteiger partial charge in [-0.3, -0.25) is 14.5 Å². The molecule has 0 bridgehead atoms. The van der Waals surface area contributed by atoms with Crippen LogP contribution in [0.4, 0.5) is 0 Å². The van der Waals surface area contributed by atoms with Crippen LogP contribution in [0.15, 0.2) is 24.3 Å². The summed E-state index contributed by atoms with van der Waals surface area (Å²) in [6.07, 6.45) is 2.26. The third-order valence-corrected chi connectivity index (χ3v) is 4.78. The monoisotopic (exact) mass is 315 g/mol. The molecule has 5 heteroatoms. The summed E-state index contributed by atoms with van der Waals surface area (Å²) >= 11 is 0. The Morgan fingerprint density at radius 3 is 2.09 bits per heavy atom. The maximum Gasteiger partial charge on any atom is 0.253 e. The average Bonchev–Trinajstić information content (AvgIpc) is 3.10. The number of carbonyl (C=O) groups excluding carboxylic acids is 2. The van der Waals surface area contributed by atoms with Crippen molar-refractivity contribution in [3.63, 3.8) is 0 Å². The van der Waals surface area contributed by atoms with E-state index in [0.717, 1.165) is 50.1 Å². The molecule has 1 aromatic carbocycles. The lowest BCUT2D eigenvalue weighted by atomic mass is 10.1. The van der Waals surface area contributed by atoms with E-state index in [-0.39, 0.29) is 11.8 Å². The molecule has 1 aromatic rings. The second-order valence-corrected chi connectivity index (χ2v) is 6.52. The van der Waals surface area contributed by atoms with Crippen molar-refractivity contribution in [1.29, 1.82) is 0 Å². The minimum absolute atomic E-state index is 0.0931. The van der Waals surface area contributed by atoms with Gasteiger partial charge in [0.1, 0.15) is 0 Å². The van der Waals surface area contributed by atoms with Crippen molar-refractivity contribution in [2.45, 2.75) is 19.8 Å². The molecular formula is C18H25N3O2. The Morgan fingerprint density at radius 2 is 1.48 bits per heavy atom. The zero-order chi connectivity index (χ0) is 16.2. The second-order valence-electron chi connectivity index (χ2n) is 6.52. The lowest BCUT2D eigenvalue weighted by Crippen LogP contribution is -2.51.